The van der Waals surface area contributed by atoms with Gasteiger partial charge in [-0.3, -0.25) is 5.10 Å². The van der Waals surface area contributed by atoms with E-state index in [1.807, 2.05) is 60.7 Å². The van der Waals surface area contributed by atoms with Crippen LogP contribution in [0.5, 0.6) is 17.2 Å². The second-order valence-corrected chi connectivity index (χ2v) is 10.8. The number of pyridine rings is 1. The molecule has 0 aliphatic rings. The molecule has 0 radical (unpaired) electrons. The fourth-order valence-corrected chi connectivity index (χ4v) is 5.80. The van der Waals surface area contributed by atoms with Crippen molar-refractivity contribution in [3.63, 3.8) is 0 Å². The van der Waals surface area contributed by atoms with Gasteiger partial charge in [0, 0.05) is 30.6 Å². The minimum absolute atomic E-state index is 0.255. The van der Waals surface area contributed by atoms with Crippen LogP contribution in [-0.4, -0.2) is 55.8 Å². The molecule has 0 fully saturated rings. The van der Waals surface area contributed by atoms with E-state index in [0.717, 1.165) is 33.0 Å². The van der Waals surface area contributed by atoms with Gasteiger partial charge in [0.2, 0.25) is 0 Å². The zero-order valence-electron chi connectivity index (χ0n) is 26.3. The minimum Gasteiger partial charge on any atom is -0.497 e. The Bertz CT molecular complexity index is 2100. The van der Waals surface area contributed by atoms with E-state index in [2.05, 4.69) is 14.9 Å². The fourth-order valence-electron chi connectivity index (χ4n) is 5.80. The Hall–Kier alpha value is -5.46. The van der Waals surface area contributed by atoms with Gasteiger partial charge in [-0.05, 0) is 88.3 Å². The third-order valence-electron chi connectivity index (χ3n) is 8.01. The molecule has 6 rings (SSSR count). The maximum Gasteiger partial charge on any atom is 0.491 e. The molecular weight excluding hydrogens is 627 g/mol. The van der Waals surface area contributed by atoms with Gasteiger partial charge in [-0.1, -0.05) is 24.3 Å². The largest absolute Gasteiger partial charge is 0.497 e. The maximum atomic E-state index is 12.8. The first-order valence-corrected chi connectivity index (χ1v) is 14.7. The smallest absolute Gasteiger partial charge is 0.491 e. The van der Waals surface area contributed by atoms with E-state index in [9.17, 15) is 18.0 Å². The average Bonchev–Trinajstić information content (AvgIpc) is 3.58. The average molecular weight is 658 g/mol. The van der Waals surface area contributed by atoms with E-state index in [0.29, 0.717) is 33.8 Å². The Labute approximate surface area is 273 Å². The molecule has 0 bridgehead atoms. The summed E-state index contributed by atoms with van der Waals surface area (Å²) in [6.07, 6.45) is -4.58. The third kappa shape index (κ3) is 6.27. The lowest BCUT2D eigenvalue weighted by Gasteiger charge is -2.26. The number of nitrogens with zero attached hydrogens (tertiary/aromatic N) is 2. The summed E-state index contributed by atoms with van der Waals surface area (Å²) in [5.41, 5.74) is 4.83. The first-order chi connectivity index (χ1) is 23.1. The van der Waals surface area contributed by atoms with Crippen LogP contribution in [0.1, 0.15) is 34.5 Å². The Morgan fingerprint density at radius 1 is 0.708 bits per heavy atom. The van der Waals surface area contributed by atoms with Crippen molar-refractivity contribution in [2.75, 3.05) is 28.4 Å². The normalized spacial score (nSPS) is 13.0. The summed E-state index contributed by atoms with van der Waals surface area (Å²) < 4.78 is 66.3. The molecule has 0 saturated carbocycles. The molecule has 0 saturated heterocycles. The van der Waals surface area contributed by atoms with Gasteiger partial charge in [0.1, 0.15) is 29.5 Å². The predicted molar refractivity (Wildman–Crippen MR) is 172 cm³/mol. The van der Waals surface area contributed by atoms with Crippen LogP contribution >= 0.6 is 0 Å². The number of benzene rings is 4. The van der Waals surface area contributed by atoms with Gasteiger partial charge in [0.25, 0.3) is 0 Å². The second-order valence-electron chi connectivity index (χ2n) is 10.8. The number of fused-ring (bicyclic) bond motifs is 3. The van der Waals surface area contributed by atoms with Crippen LogP contribution in [0.25, 0.3) is 33.1 Å². The Morgan fingerprint density at radius 2 is 1.27 bits per heavy atom. The Kier molecular flexibility index (Phi) is 9.03. The number of ether oxygens (including phenoxy) is 5. The van der Waals surface area contributed by atoms with Crippen LogP contribution in [-0.2, 0) is 14.3 Å². The summed E-state index contributed by atoms with van der Waals surface area (Å²) in [7, 11) is 6.44. The van der Waals surface area contributed by atoms with Crippen LogP contribution in [0.15, 0.2) is 91.1 Å². The number of H-pyrrole nitrogens is 1. The fraction of sp³-hybridized carbons (Fsp3) is 0.194. The molecule has 9 nitrogen and oxygen atoms in total. The molecule has 0 spiro atoms. The highest BCUT2D eigenvalue weighted by atomic mass is 19.4. The number of halogens is 3. The molecule has 0 aliphatic heterocycles. The van der Waals surface area contributed by atoms with Crippen LogP contribution in [0.4, 0.5) is 13.2 Å². The second kappa shape index (κ2) is 13.3. The van der Waals surface area contributed by atoms with E-state index in [-0.39, 0.29) is 5.75 Å². The lowest BCUT2D eigenvalue weighted by atomic mass is 9.87. The van der Waals surface area contributed by atoms with Crippen LogP contribution in [0.3, 0.4) is 0 Å². The van der Waals surface area contributed by atoms with Crippen LogP contribution in [0.2, 0.25) is 0 Å². The van der Waals surface area contributed by atoms with Gasteiger partial charge >= 0.3 is 12.1 Å². The molecule has 0 aliphatic carbocycles. The summed E-state index contributed by atoms with van der Waals surface area (Å²) in [6, 6.07) is 24.8. The summed E-state index contributed by atoms with van der Waals surface area (Å²) >= 11 is 0. The first-order valence-electron chi connectivity index (χ1n) is 14.7. The monoisotopic (exact) mass is 657 g/mol. The van der Waals surface area contributed by atoms with E-state index in [1.54, 1.807) is 46.8 Å². The number of methoxy groups -OCH3 is 4. The molecule has 12 heteroatoms. The number of hydrogen-bond donors (Lipinski definition) is 1. The number of rotatable bonds is 10. The number of aromatic amines is 1. The van der Waals surface area contributed by atoms with Gasteiger partial charge in [-0.2, -0.15) is 18.3 Å². The summed E-state index contributed by atoms with van der Waals surface area (Å²) in [5.74, 6) is -1.24. The number of nitrogens with one attached hydrogen (secondary N) is 1. The van der Waals surface area contributed by atoms with Crippen molar-refractivity contribution in [3.05, 3.63) is 113 Å². The number of alkyl halides is 3. The highest BCUT2D eigenvalue weighted by Crippen LogP contribution is 2.42. The molecular formula is C36H30F3N3O6. The van der Waals surface area contributed by atoms with Gasteiger partial charge in [-0.15, -0.1) is 0 Å². The highest BCUT2D eigenvalue weighted by Gasteiger charge is 2.41. The number of aromatic nitrogens is 3. The van der Waals surface area contributed by atoms with Crippen molar-refractivity contribution in [1.29, 1.82) is 0 Å². The highest BCUT2D eigenvalue weighted by molar-refractivity contribution is 6.10. The summed E-state index contributed by atoms with van der Waals surface area (Å²) in [5, 5.41) is 9.42. The van der Waals surface area contributed by atoms with Crippen LogP contribution in [0, 0.1) is 0 Å². The zero-order valence-corrected chi connectivity index (χ0v) is 26.3. The van der Waals surface area contributed by atoms with E-state index < -0.39 is 24.4 Å². The van der Waals surface area contributed by atoms with Crippen molar-refractivity contribution < 1.29 is 41.7 Å². The van der Waals surface area contributed by atoms with E-state index in [4.69, 9.17) is 23.9 Å². The lowest BCUT2D eigenvalue weighted by Crippen LogP contribution is -2.27. The molecule has 2 atom stereocenters. The van der Waals surface area contributed by atoms with Crippen molar-refractivity contribution in [3.8, 4) is 28.5 Å². The number of carbonyl (C=O) groups excluding carboxylic acids is 1. The quantitative estimate of drug-likeness (QED) is 0.118. The topological polar surface area (TPSA) is 105 Å². The SMILES string of the molecule is COc1cccc(C(OC)c2cc3c(-c4ccc(OC(=O)C(F)(F)F)cc4)nc4[nH]ncc4c3cc2C(OC)c2cccc(OC)c2)c1. The van der Waals surface area contributed by atoms with Crippen molar-refractivity contribution in [2.45, 2.75) is 18.4 Å². The maximum absolute atomic E-state index is 12.8. The molecule has 0 amide bonds. The summed E-state index contributed by atoms with van der Waals surface area (Å²) in [6.45, 7) is 0. The first kappa shape index (κ1) is 32.5. The van der Waals surface area contributed by atoms with Gasteiger partial charge in [0.05, 0.1) is 26.1 Å². The predicted octanol–water partition coefficient (Wildman–Crippen LogP) is 7.73. The van der Waals surface area contributed by atoms with Crippen molar-refractivity contribution in [2.24, 2.45) is 0 Å². The number of esters is 1. The molecule has 246 valence electrons. The van der Waals surface area contributed by atoms with Crippen LogP contribution < -0.4 is 14.2 Å². The Balaban J connectivity index is 1.60. The van der Waals surface area contributed by atoms with Crippen molar-refractivity contribution in [1.82, 2.24) is 15.2 Å². The van der Waals surface area contributed by atoms with Gasteiger partial charge in [-0.25, -0.2) is 9.78 Å². The summed E-state index contributed by atoms with van der Waals surface area (Å²) in [4.78, 5) is 16.3. The van der Waals surface area contributed by atoms with Crippen molar-refractivity contribution >= 4 is 27.8 Å². The standard InChI is InChI=1S/C36H30F3N3O6/c1-44-24-9-5-7-21(15-24)32(46-3)28-17-26-27(18-29(28)33(47-4)22-8-6-10-25(16-22)45-2)31(41-34-30(26)19-40-42-34)20-11-13-23(14-12-20)48-35(43)36(37,38)39/h5-19,32-33H,1-4H3,(H,40,41,42). The number of carbonyl (C=O) groups is 1. The van der Waals surface area contributed by atoms with E-state index >= 15 is 0 Å². The molecule has 48 heavy (non-hydrogen) atoms. The molecule has 6 aromatic rings. The Morgan fingerprint density at radius 3 is 1.79 bits per heavy atom. The van der Waals surface area contributed by atoms with Gasteiger partial charge in [0.15, 0.2) is 5.65 Å². The molecule has 2 aromatic heterocycles. The lowest BCUT2D eigenvalue weighted by molar-refractivity contribution is -0.189. The van der Waals surface area contributed by atoms with Gasteiger partial charge < -0.3 is 23.7 Å². The molecule has 1 N–H and O–H groups in total. The third-order valence-corrected chi connectivity index (χ3v) is 8.01. The molecule has 2 unspecified atom stereocenters. The van der Waals surface area contributed by atoms with E-state index in [1.165, 1.54) is 12.1 Å². The number of hydrogen-bond acceptors (Lipinski definition) is 8. The minimum atomic E-state index is -5.12. The zero-order chi connectivity index (χ0) is 34.0. The molecule has 4 aromatic carbocycles. The molecule has 2 heterocycles.